The number of amides is 2. The van der Waals surface area contributed by atoms with Crippen LogP contribution < -0.4 is 19.3 Å². The van der Waals surface area contributed by atoms with E-state index in [0.717, 1.165) is 16.9 Å². The van der Waals surface area contributed by atoms with E-state index in [2.05, 4.69) is 0 Å². The maximum atomic E-state index is 12.9. The zero-order valence-electron chi connectivity index (χ0n) is 16.2. The molecule has 0 saturated carbocycles. The molecule has 7 heteroatoms. The minimum absolute atomic E-state index is 0.169. The number of benzene rings is 2. The lowest BCUT2D eigenvalue weighted by Gasteiger charge is -2.20. The fourth-order valence-electron chi connectivity index (χ4n) is 3.43. The van der Waals surface area contributed by atoms with Gasteiger partial charge in [0.2, 0.25) is 5.91 Å². The summed E-state index contributed by atoms with van der Waals surface area (Å²) in [6, 6.07) is 12.2. The average molecular weight is 404 g/mol. The fourth-order valence-corrected chi connectivity index (χ4v) is 3.56. The highest BCUT2D eigenvalue weighted by Crippen LogP contribution is 2.27. The molecule has 0 spiro atoms. The van der Waals surface area contributed by atoms with Crippen molar-refractivity contribution < 1.29 is 24.0 Å². The number of quaternary nitrogens is 1. The number of imide groups is 1. The number of anilines is 1. The summed E-state index contributed by atoms with van der Waals surface area (Å²) in [5.74, 6) is 1.01. The third-order valence-corrected chi connectivity index (χ3v) is 5.33. The van der Waals surface area contributed by atoms with Crippen LogP contribution in [0.25, 0.3) is 0 Å². The van der Waals surface area contributed by atoms with Crippen molar-refractivity contribution in [2.45, 2.75) is 18.9 Å². The molecule has 0 aromatic heterocycles. The summed E-state index contributed by atoms with van der Waals surface area (Å²) in [6.45, 7) is 0.716. The number of halogens is 1. The second-order valence-electron chi connectivity index (χ2n) is 6.84. The van der Waals surface area contributed by atoms with Gasteiger partial charge >= 0.3 is 0 Å². The number of carbonyl (C=O) groups is 2. The van der Waals surface area contributed by atoms with Crippen LogP contribution in [0.4, 0.5) is 5.69 Å². The standard InChI is InChI=1S/C21H23ClN2O4/c1-23(11-10-14-4-9-18(27-2)19(12-14)28-3)17-13-20(25)24(21(17)26)16-7-5-15(22)6-8-16/h4-9,12,17H,10-11,13H2,1-3H3/p+1/t17-/m1/s1. The molecular weight excluding hydrogens is 380 g/mol. The van der Waals surface area contributed by atoms with Gasteiger partial charge in [-0.05, 0) is 42.0 Å². The Morgan fingerprint density at radius 3 is 2.39 bits per heavy atom. The van der Waals surface area contributed by atoms with Crippen molar-refractivity contribution in [1.82, 2.24) is 0 Å². The molecule has 6 nitrogen and oxygen atoms in total. The fraction of sp³-hybridized carbons (Fsp3) is 0.333. The molecule has 1 aliphatic rings. The van der Waals surface area contributed by atoms with Crippen LogP contribution in [0.3, 0.4) is 0 Å². The number of carbonyl (C=O) groups excluding carboxylic acids is 2. The zero-order valence-corrected chi connectivity index (χ0v) is 17.0. The van der Waals surface area contributed by atoms with E-state index in [4.69, 9.17) is 21.1 Å². The molecule has 1 unspecified atom stereocenters. The van der Waals surface area contributed by atoms with Crippen molar-refractivity contribution >= 4 is 29.1 Å². The number of methoxy groups -OCH3 is 2. The van der Waals surface area contributed by atoms with Gasteiger partial charge in [-0.2, -0.15) is 0 Å². The lowest BCUT2D eigenvalue weighted by molar-refractivity contribution is -0.894. The molecule has 2 amide bonds. The van der Waals surface area contributed by atoms with E-state index in [0.29, 0.717) is 28.8 Å². The summed E-state index contributed by atoms with van der Waals surface area (Å²) in [7, 11) is 5.15. The van der Waals surface area contributed by atoms with Gasteiger partial charge in [0.25, 0.3) is 5.91 Å². The molecule has 2 aromatic rings. The van der Waals surface area contributed by atoms with Crippen molar-refractivity contribution in [3.63, 3.8) is 0 Å². The Balaban J connectivity index is 1.66. The first-order valence-electron chi connectivity index (χ1n) is 9.10. The molecule has 1 heterocycles. The zero-order chi connectivity index (χ0) is 20.3. The van der Waals surface area contributed by atoms with Gasteiger partial charge in [0.15, 0.2) is 17.5 Å². The Morgan fingerprint density at radius 2 is 1.75 bits per heavy atom. The second kappa shape index (κ2) is 8.63. The van der Waals surface area contributed by atoms with E-state index in [1.54, 1.807) is 38.5 Å². The first kappa shape index (κ1) is 20.2. The topological polar surface area (TPSA) is 60.3 Å². The van der Waals surface area contributed by atoms with Gasteiger partial charge < -0.3 is 14.4 Å². The Morgan fingerprint density at radius 1 is 1.07 bits per heavy atom. The van der Waals surface area contributed by atoms with Crippen LogP contribution in [0.2, 0.25) is 5.02 Å². The van der Waals surface area contributed by atoms with Crippen molar-refractivity contribution in [2.75, 3.05) is 32.7 Å². The highest BCUT2D eigenvalue weighted by atomic mass is 35.5. The Hall–Kier alpha value is -2.57. The number of nitrogens with one attached hydrogen (secondary N) is 1. The number of rotatable bonds is 7. The summed E-state index contributed by atoms with van der Waals surface area (Å²) in [4.78, 5) is 27.6. The average Bonchev–Trinajstić information content (AvgIpc) is 3.00. The molecule has 1 fully saturated rings. The van der Waals surface area contributed by atoms with Crippen molar-refractivity contribution in [2.24, 2.45) is 0 Å². The van der Waals surface area contributed by atoms with Gasteiger partial charge in [-0.25, -0.2) is 4.90 Å². The summed E-state index contributed by atoms with van der Waals surface area (Å²) < 4.78 is 10.6. The maximum absolute atomic E-state index is 12.9. The highest BCUT2D eigenvalue weighted by molar-refractivity contribution is 6.30. The largest absolute Gasteiger partial charge is 0.493 e. The highest BCUT2D eigenvalue weighted by Gasteiger charge is 2.44. The molecule has 1 saturated heterocycles. The molecule has 0 radical (unpaired) electrons. The number of likely N-dealkylation sites (N-methyl/N-ethyl adjacent to an activating group) is 1. The van der Waals surface area contributed by atoms with E-state index < -0.39 is 0 Å². The van der Waals surface area contributed by atoms with Crippen LogP contribution in [0.1, 0.15) is 12.0 Å². The maximum Gasteiger partial charge on any atom is 0.292 e. The van der Waals surface area contributed by atoms with Gasteiger partial charge in [0.05, 0.1) is 39.9 Å². The molecule has 2 atom stereocenters. The third kappa shape index (κ3) is 4.13. The van der Waals surface area contributed by atoms with Crippen LogP contribution in [-0.2, 0) is 16.0 Å². The van der Waals surface area contributed by atoms with E-state index in [1.165, 1.54) is 4.90 Å². The first-order valence-corrected chi connectivity index (χ1v) is 9.48. The summed E-state index contributed by atoms with van der Waals surface area (Å²) in [5, 5.41) is 0.567. The van der Waals surface area contributed by atoms with Crippen molar-refractivity contribution in [3.05, 3.63) is 53.1 Å². The van der Waals surface area contributed by atoms with Gasteiger partial charge in [-0.1, -0.05) is 17.7 Å². The number of nitrogens with zero attached hydrogens (tertiary/aromatic N) is 1. The second-order valence-corrected chi connectivity index (χ2v) is 7.27. The molecular formula is C21H24ClN2O4+. The molecule has 148 valence electrons. The Labute approximate surface area is 169 Å². The van der Waals surface area contributed by atoms with E-state index >= 15 is 0 Å². The van der Waals surface area contributed by atoms with Gasteiger partial charge in [0.1, 0.15) is 0 Å². The molecule has 28 heavy (non-hydrogen) atoms. The molecule has 2 aromatic carbocycles. The summed E-state index contributed by atoms with van der Waals surface area (Å²) in [5.41, 5.74) is 1.65. The summed E-state index contributed by atoms with van der Waals surface area (Å²) in [6.07, 6.45) is 0.963. The van der Waals surface area contributed by atoms with Gasteiger partial charge in [-0.3, -0.25) is 9.59 Å². The van der Waals surface area contributed by atoms with E-state index in [9.17, 15) is 9.59 Å². The lowest BCUT2D eigenvalue weighted by atomic mass is 10.1. The molecule has 0 bridgehead atoms. The normalized spacial score (nSPS) is 17.7. The lowest BCUT2D eigenvalue weighted by Crippen LogP contribution is -3.14. The molecule has 1 N–H and O–H groups in total. The van der Waals surface area contributed by atoms with Crippen LogP contribution in [0.15, 0.2) is 42.5 Å². The van der Waals surface area contributed by atoms with Crippen LogP contribution in [0, 0.1) is 0 Å². The Kier molecular flexibility index (Phi) is 6.21. The monoisotopic (exact) mass is 403 g/mol. The Bertz CT molecular complexity index is 869. The van der Waals surface area contributed by atoms with Crippen LogP contribution in [0.5, 0.6) is 11.5 Å². The third-order valence-electron chi connectivity index (χ3n) is 5.08. The van der Waals surface area contributed by atoms with Crippen LogP contribution in [-0.4, -0.2) is 45.7 Å². The molecule has 1 aliphatic heterocycles. The van der Waals surface area contributed by atoms with Crippen molar-refractivity contribution in [1.29, 1.82) is 0 Å². The SMILES string of the molecule is COc1ccc(CC[NH+](C)[C@@H]2CC(=O)N(c3ccc(Cl)cc3)C2=O)cc1OC. The predicted molar refractivity (Wildman–Crippen MR) is 107 cm³/mol. The van der Waals surface area contributed by atoms with E-state index in [1.807, 2.05) is 25.2 Å². The quantitative estimate of drug-likeness (QED) is 0.715. The van der Waals surface area contributed by atoms with Gasteiger partial charge in [0, 0.05) is 11.4 Å². The molecule has 0 aliphatic carbocycles. The predicted octanol–water partition coefficient (Wildman–Crippen LogP) is 1.75. The van der Waals surface area contributed by atoms with Gasteiger partial charge in [-0.15, -0.1) is 0 Å². The summed E-state index contributed by atoms with van der Waals surface area (Å²) >= 11 is 5.90. The smallest absolute Gasteiger partial charge is 0.292 e. The first-order chi connectivity index (χ1) is 13.4. The number of ether oxygens (including phenoxy) is 2. The van der Waals surface area contributed by atoms with Crippen LogP contribution >= 0.6 is 11.6 Å². The minimum atomic E-state index is -0.386. The number of hydrogen-bond donors (Lipinski definition) is 1. The molecule has 3 rings (SSSR count). The van der Waals surface area contributed by atoms with Crippen molar-refractivity contribution in [3.8, 4) is 11.5 Å². The van der Waals surface area contributed by atoms with E-state index in [-0.39, 0.29) is 24.3 Å². The minimum Gasteiger partial charge on any atom is -0.493 e. The number of hydrogen-bond acceptors (Lipinski definition) is 4.